The number of hydrogen-bond donors (Lipinski definition) is 2. The first-order valence-corrected chi connectivity index (χ1v) is 8.33. The fourth-order valence-corrected chi connectivity index (χ4v) is 2.90. The van der Waals surface area contributed by atoms with Crippen molar-refractivity contribution in [3.05, 3.63) is 29.8 Å². The van der Waals surface area contributed by atoms with Crippen molar-refractivity contribution >= 4 is 17.5 Å². The maximum Gasteiger partial charge on any atom is 0.316 e. The molecule has 5 heteroatoms. The number of nitrogens with one attached hydrogen (secondary N) is 1. The maximum atomic E-state index is 12.5. The first-order chi connectivity index (χ1) is 10.9. The Bertz CT molecular complexity index is 581. The molecule has 2 amide bonds. The standard InChI is InChI=1S/C18H26N2O3/c1-4-18(23,5-2)12-19-16(21)17(22)20-11-10-13(3)14-8-6-7-9-15(14)20/h6-9,13,23H,4-5,10-12H2,1-3H3,(H,19,21). The van der Waals surface area contributed by atoms with Gasteiger partial charge in [0.05, 0.1) is 5.60 Å². The zero-order valence-electron chi connectivity index (χ0n) is 14.1. The lowest BCUT2D eigenvalue weighted by Crippen LogP contribution is -2.49. The molecule has 0 spiro atoms. The highest BCUT2D eigenvalue weighted by atomic mass is 16.3. The van der Waals surface area contributed by atoms with Crippen LogP contribution in [0.4, 0.5) is 5.69 Å². The second kappa shape index (κ2) is 7.13. The van der Waals surface area contributed by atoms with Gasteiger partial charge in [0.15, 0.2) is 0 Å². The molecular formula is C18H26N2O3. The number of carbonyl (C=O) groups is 2. The predicted molar refractivity (Wildman–Crippen MR) is 90.4 cm³/mol. The van der Waals surface area contributed by atoms with E-state index in [1.807, 2.05) is 38.1 Å². The number of fused-ring (bicyclic) bond motifs is 1. The summed E-state index contributed by atoms with van der Waals surface area (Å²) >= 11 is 0. The number of hydrogen-bond acceptors (Lipinski definition) is 3. The van der Waals surface area contributed by atoms with Gasteiger partial charge in [0.25, 0.3) is 0 Å². The molecule has 1 aromatic carbocycles. The molecule has 1 unspecified atom stereocenters. The van der Waals surface area contributed by atoms with Crippen molar-refractivity contribution in [2.24, 2.45) is 0 Å². The Kier molecular flexibility index (Phi) is 5.42. The number of carbonyl (C=O) groups excluding carboxylic acids is 2. The summed E-state index contributed by atoms with van der Waals surface area (Å²) in [6, 6.07) is 7.71. The summed E-state index contributed by atoms with van der Waals surface area (Å²) in [7, 11) is 0. The summed E-state index contributed by atoms with van der Waals surface area (Å²) in [5.74, 6) is -0.836. The van der Waals surface area contributed by atoms with Crippen LogP contribution in [-0.2, 0) is 9.59 Å². The normalized spacial score (nSPS) is 17.6. The number of aliphatic hydroxyl groups is 1. The van der Waals surface area contributed by atoms with Gasteiger partial charge in [-0.05, 0) is 36.8 Å². The summed E-state index contributed by atoms with van der Waals surface area (Å²) in [5, 5.41) is 12.8. The minimum atomic E-state index is -0.954. The zero-order valence-corrected chi connectivity index (χ0v) is 14.1. The van der Waals surface area contributed by atoms with Gasteiger partial charge in [-0.2, -0.15) is 0 Å². The Morgan fingerprint density at radius 3 is 2.61 bits per heavy atom. The van der Waals surface area contributed by atoms with E-state index in [-0.39, 0.29) is 6.54 Å². The van der Waals surface area contributed by atoms with E-state index in [4.69, 9.17) is 0 Å². The molecule has 0 aliphatic carbocycles. The molecule has 23 heavy (non-hydrogen) atoms. The van der Waals surface area contributed by atoms with E-state index in [9.17, 15) is 14.7 Å². The molecule has 1 heterocycles. The molecule has 2 rings (SSSR count). The van der Waals surface area contributed by atoms with Crippen LogP contribution in [0.25, 0.3) is 0 Å². The van der Waals surface area contributed by atoms with Crippen LogP contribution in [0.1, 0.15) is 51.5 Å². The van der Waals surface area contributed by atoms with Crippen LogP contribution in [-0.4, -0.2) is 35.6 Å². The first-order valence-electron chi connectivity index (χ1n) is 8.33. The van der Waals surface area contributed by atoms with E-state index in [1.165, 1.54) is 0 Å². The Morgan fingerprint density at radius 2 is 1.96 bits per heavy atom. The van der Waals surface area contributed by atoms with E-state index >= 15 is 0 Å². The molecule has 0 bridgehead atoms. The predicted octanol–water partition coefficient (Wildman–Crippen LogP) is 2.19. The van der Waals surface area contributed by atoms with Crippen molar-refractivity contribution in [3.63, 3.8) is 0 Å². The molecule has 1 aliphatic heterocycles. The molecule has 0 aromatic heterocycles. The van der Waals surface area contributed by atoms with Crippen LogP contribution < -0.4 is 10.2 Å². The average Bonchev–Trinajstić information content (AvgIpc) is 2.59. The second-order valence-corrected chi connectivity index (χ2v) is 6.32. The quantitative estimate of drug-likeness (QED) is 0.836. The summed E-state index contributed by atoms with van der Waals surface area (Å²) in [4.78, 5) is 26.2. The van der Waals surface area contributed by atoms with Gasteiger partial charge in [-0.1, -0.05) is 39.0 Å². The summed E-state index contributed by atoms with van der Waals surface area (Å²) < 4.78 is 0. The highest BCUT2D eigenvalue weighted by Gasteiger charge is 2.31. The maximum absolute atomic E-state index is 12.5. The smallest absolute Gasteiger partial charge is 0.316 e. The van der Waals surface area contributed by atoms with Gasteiger partial charge in [0.1, 0.15) is 0 Å². The van der Waals surface area contributed by atoms with E-state index < -0.39 is 17.4 Å². The first kappa shape index (κ1) is 17.5. The van der Waals surface area contributed by atoms with Crippen molar-refractivity contribution in [1.29, 1.82) is 0 Å². The molecule has 0 radical (unpaired) electrons. The van der Waals surface area contributed by atoms with Gasteiger partial charge in [0.2, 0.25) is 0 Å². The third-order valence-electron chi connectivity index (χ3n) is 4.88. The van der Waals surface area contributed by atoms with Crippen LogP contribution in [0.15, 0.2) is 24.3 Å². The highest BCUT2D eigenvalue weighted by Crippen LogP contribution is 2.34. The van der Waals surface area contributed by atoms with E-state index in [0.29, 0.717) is 25.3 Å². The topological polar surface area (TPSA) is 69.6 Å². The largest absolute Gasteiger partial charge is 0.388 e. The van der Waals surface area contributed by atoms with Crippen LogP contribution in [0.2, 0.25) is 0 Å². The van der Waals surface area contributed by atoms with Crippen molar-refractivity contribution in [2.75, 3.05) is 18.0 Å². The Balaban J connectivity index is 2.09. The van der Waals surface area contributed by atoms with Gasteiger partial charge in [-0.25, -0.2) is 0 Å². The molecule has 1 atom stereocenters. The SMILES string of the molecule is CCC(O)(CC)CNC(=O)C(=O)N1CCC(C)c2ccccc21. The number of amides is 2. The molecular weight excluding hydrogens is 292 g/mol. The molecule has 126 valence electrons. The van der Waals surface area contributed by atoms with Gasteiger partial charge in [-0.3, -0.25) is 9.59 Å². The van der Waals surface area contributed by atoms with Crippen molar-refractivity contribution in [2.45, 2.75) is 51.6 Å². The van der Waals surface area contributed by atoms with Crippen LogP contribution in [0, 0.1) is 0 Å². The number of rotatable bonds is 4. The van der Waals surface area contributed by atoms with E-state index in [2.05, 4.69) is 12.2 Å². The third kappa shape index (κ3) is 3.72. The minimum absolute atomic E-state index is 0.0937. The average molecular weight is 318 g/mol. The Labute approximate surface area is 137 Å². The van der Waals surface area contributed by atoms with E-state index in [1.54, 1.807) is 4.90 Å². The fraction of sp³-hybridized carbons (Fsp3) is 0.556. The van der Waals surface area contributed by atoms with Gasteiger partial charge in [0, 0.05) is 18.8 Å². The molecule has 1 aliphatic rings. The molecule has 2 N–H and O–H groups in total. The Hall–Kier alpha value is -1.88. The summed E-state index contributed by atoms with van der Waals surface area (Å²) in [6.07, 6.45) is 1.90. The summed E-state index contributed by atoms with van der Waals surface area (Å²) in [5.41, 5.74) is 0.954. The number of anilines is 1. The lowest BCUT2D eigenvalue weighted by Gasteiger charge is -2.33. The minimum Gasteiger partial charge on any atom is -0.388 e. The molecule has 0 saturated heterocycles. The summed E-state index contributed by atoms with van der Waals surface area (Å²) in [6.45, 7) is 6.48. The van der Waals surface area contributed by atoms with E-state index in [0.717, 1.165) is 17.7 Å². The monoisotopic (exact) mass is 318 g/mol. The number of para-hydroxylation sites is 1. The van der Waals surface area contributed by atoms with Gasteiger partial charge < -0.3 is 15.3 Å². The molecule has 5 nitrogen and oxygen atoms in total. The third-order valence-corrected chi connectivity index (χ3v) is 4.88. The van der Waals surface area contributed by atoms with Crippen molar-refractivity contribution < 1.29 is 14.7 Å². The lowest BCUT2D eigenvalue weighted by atomic mass is 9.91. The number of benzene rings is 1. The fourth-order valence-electron chi connectivity index (χ4n) is 2.90. The Morgan fingerprint density at radius 1 is 1.30 bits per heavy atom. The van der Waals surface area contributed by atoms with Crippen LogP contribution in [0.5, 0.6) is 0 Å². The number of nitrogens with zero attached hydrogens (tertiary/aromatic N) is 1. The molecule has 0 fully saturated rings. The van der Waals surface area contributed by atoms with Crippen LogP contribution in [0.3, 0.4) is 0 Å². The second-order valence-electron chi connectivity index (χ2n) is 6.32. The van der Waals surface area contributed by atoms with Gasteiger partial charge >= 0.3 is 11.8 Å². The zero-order chi connectivity index (χ0) is 17.0. The van der Waals surface area contributed by atoms with Gasteiger partial charge in [-0.15, -0.1) is 0 Å². The van der Waals surface area contributed by atoms with Crippen molar-refractivity contribution in [1.82, 2.24) is 5.32 Å². The van der Waals surface area contributed by atoms with Crippen molar-refractivity contribution in [3.8, 4) is 0 Å². The lowest BCUT2D eigenvalue weighted by molar-refractivity contribution is -0.138. The van der Waals surface area contributed by atoms with Crippen LogP contribution >= 0.6 is 0 Å². The molecule has 1 aromatic rings. The highest BCUT2D eigenvalue weighted by molar-refractivity contribution is 6.40. The molecule has 0 saturated carbocycles.